The molecule has 0 bridgehead atoms. The van der Waals surface area contributed by atoms with E-state index in [0.29, 0.717) is 22.9 Å². The molecule has 0 unspecified atom stereocenters. The van der Waals surface area contributed by atoms with Gasteiger partial charge in [0.25, 0.3) is 0 Å². The Balaban J connectivity index is 2.30. The normalized spacial score (nSPS) is 14.3. The summed E-state index contributed by atoms with van der Waals surface area (Å²) in [7, 11) is 0. The highest BCUT2D eigenvalue weighted by molar-refractivity contribution is 6.22. The van der Waals surface area contributed by atoms with Crippen LogP contribution in [-0.2, 0) is 0 Å². The standard InChI is InChI=1S/C14H12N4O/c1-8-17-12-13(10(15)7-11(16)14(12)19)18(8)9-5-3-2-4-6-9/h2-7,15H,16H2,1H3/p+1. The van der Waals surface area contributed by atoms with Crippen LogP contribution in [0.3, 0.4) is 0 Å². The first-order chi connectivity index (χ1) is 9.09. The largest absolute Gasteiger partial charge is 0.395 e. The fourth-order valence-corrected chi connectivity index (χ4v) is 2.29. The number of carbonyl (C=O) groups is 1. The molecule has 0 atom stereocenters. The molecule has 1 aliphatic rings. The van der Waals surface area contributed by atoms with E-state index >= 15 is 0 Å². The third kappa shape index (κ3) is 1.59. The van der Waals surface area contributed by atoms with Crippen LogP contribution in [0.15, 0.2) is 42.1 Å². The summed E-state index contributed by atoms with van der Waals surface area (Å²) in [6.45, 7) is 1.84. The van der Waals surface area contributed by atoms with Gasteiger partial charge in [0.05, 0.1) is 5.70 Å². The van der Waals surface area contributed by atoms with E-state index in [9.17, 15) is 4.79 Å². The summed E-state index contributed by atoms with van der Waals surface area (Å²) in [5, 5.41) is 6.00. The van der Waals surface area contributed by atoms with Crippen LogP contribution in [0.4, 0.5) is 0 Å². The van der Waals surface area contributed by atoms with Gasteiger partial charge in [-0.2, -0.15) is 0 Å². The van der Waals surface area contributed by atoms with Crippen molar-refractivity contribution in [3.8, 4) is 5.69 Å². The smallest absolute Gasteiger partial charge is 0.229 e. The topological polar surface area (TPSA) is 86.5 Å². The zero-order valence-corrected chi connectivity index (χ0v) is 10.4. The Hall–Kier alpha value is -2.69. The number of para-hydroxylation sites is 1. The van der Waals surface area contributed by atoms with Gasteiger partial charge in [-0.05, 0) is 19.1 Å². The lowest BCUT2D eigenvalue weighted by atomic mass is 10.0. The first-order valence-corrected chi connectivity index (χ1v) is 5.89. The molecule has 0 saturated carbocycles. The third-order valence-corrected chi connectivity index (χ3v) is 3.12. The van der Waals surface area contributed by atoms with Gasteiger partial charge in [-0.1, -0.05) is 18.2 Å². The molecule has 2 aromatic rings. The van der Waals surface area contributed by atoms with E-state index in [4.69, 9.17) is 11.1 Å². The van der Waals surface area contributed by atoms with Crippen LogP contribution in [-0.4, -0.2) is 21.0 Å². The van der Waals surface area contributed by atoms with Crippen LogP contribution in [0.25, 0.3) is 5.69 Å². The second-order valence-electron chi connectivity index (χ2n) is 4.41. The molecule has 1 aliphatic carbocycles. The summed E-state index contributed by atoms with van der Waals surface area (Å²) in [6.07, 6.45) is 1.49. The van der Waals surface area contributed by atoms with E-state index in [-0.39, 0.29) is 11.5 Å². The van der Waals surface area contributed by atoms with Crippen LogP contribution in [0.1, 0.15) is 22.0 Å². The average Bonchev–Trinajstić information content (AvgIpc) is 2.75. The Kier molecular flexibility index (Phi) is 2.35. The Morgan fingerprint density at radius 3 is 2.63 bits per heavy atom. The minimum atomic E-state index is -0.276. The molecule has 5 nitrogen and oxygen atoms in total. The van der Waals surface area contributed by atoms with Gasteiger partial charge in [0.2, 0.25) is 11.5 Å². The summed E-state index contributed by atoms with van der Waals surface area (Å²) >= 11 is 0. The second-order valence-corrected chi connectivity index (χ2v) is 4.41. The van der Waals surface area contributed by atoms with Gasteiger partial charge >= 0.3 is 0 Å². The van der Waals surface area contributed by atoms with Gasteiger partial charge in [0.1, 0.15) is 17.2 Å². The van der Waals surface area contributed by atoms with E-state index in [2.05, 4.69) is 4.98 Å². The van der Waals surface area contributed by atoms with Crippen molar-refractivity contribution in [2.75, 3.05) is 0 Å². The van der Waals surface area contributed by atoms with Crippen molar-refractivity contribution in [1.82, 2.24) is 9.55 Å². The summed E-state index contributed by atoms with van der Waals surface area (Å²) in [4.78, 5) is 16.3. The quantitative estimate of drug-likeness (QED) is 0.736. The van der Waals surface area contributed by atoms with Crippen molar-refractivity contribution >= 4 is 11.5 Å². The molecule has 0 radical (unpaired) electrons. The molecule has 3 rings (SSSR count). The number of hydrogen-bond acceptors (Lipinski definition) is 3. The second kappa shape index (κ2) is 3.91. The van der Waals surface area contributed by atoms with Gasteiger partial charge in [0, 0.05) is 11.8 Å². The monoisotopic (exact) mass is 253 g/mol. The highest BCUT2D eigenvalue weighted by Crippen LogP contribution is 2.23. The van der Waals surface area contributed by atoms with Crippen LogP contribution in [0.2, 0.25) is 0 Å². The number of aromatic nitrogens is 2. The van der Waals surface area contributed by atoms with E-state index in [1.54, 1.807) is 0 Å². The zero-order chi connectivity index (χ0) is 13.6. The molecule has 0 saturated heterocycles. The SMILES string of the molecule is Cc1nc2c(n1-c1ccccc1)C(=[NH2+])C=C(N)C2=O. The van der Waals surface area contributed by atoms with Crippen molar-refractivity contribution < 1.29 is 10.2 Å². The number of imidazole rings is 1. The van der Waals surface area contributed by atoms with Gasteiger partial charge in [-0.3, -0.25) is 14.8 Å². The van der Waals surface area contributed by atoms with Gasteiger partial charge in [-0.15, -0.1) is 0 Å². The highest BCUT2D eigenvalue weighted by atomic mass is 16.1. The Bertz CT molecular complexity index is 725. The molecule has 19 heavy (non-hydrogen) atoms. The number of carbonyl (C=O) groups excluding carboxylic acids is 1. The number of Topliss-reactive ketones (excluding diaryl/α,β-unsaturated/α-hetero) is 1. The zero-order valence-electron chi connectivity index (χ0n) is 10.4. The Morgan fingerprint density at radius 2 is 1.95 bits per heavy atom. The van der Waals surface area contributed by atoms with Gasteiger partial charge < -0.3 is 5.73 Å². The summed E-state index contributed by atoms with van der Waals surface area (Å²) in [5.74, 6) is 0.428. The molecular formula is C14H13N4O+. The first kappa shape index (κ1) is 11.4. The van der Waals surface area contributed by atoms with Crippen molar-refractivity contribution in [2.24, 2.45) is 5.73 Å². The van der Waals surface area contributed by atoms with Gasteiger partial charge in [0.15, 0.2) is 0 Å². The molecule has 5 heteroatoms. The maximum absolute atomic E-state index is 12.0. The minimum absolute atomic E-state index is 0.128. The van der Waals surface area contributed by atoms with E-state index in [1.807, 2.05) is 41.8 Å². The Morgan fingerprint density at radius 1 is 1.26 bits per heavy atom. The predicted octanol–water partition coefficient (Wildman–Crippen LogP) is -0.232. The first-order valence-electron chi connectivity index (χ1n) is 5.89. The molecule has 1 aromatic heterocycles. The lowest BCUT2D eigenvalue weighted by molar-refractivity contribution is -0.111. The van der Waals surface area contributed by atoms with Crippen LogP contribution < -0.4 is 11.1 Å². The molecular weight excluding hydrogens is 240 g/mol. The Labute approximate surface area is 109 Å². The fourth-order valence-electron chi connectivity index (χ4n) is 2.29. The molecule has 0 amide bonds. The molecule has 0 spiro atoms. The van der Waals surface area contributed by atoms with Crippen LogP contribution in [0.5, 0.6) is 0 Å². The number of aryl methyl sites for hydroxylation is 1. The maximum Gasteiger partial charge on any atom is 0.229 e. The average molecular weight is 253 g/mol. The van der Waals surface area contributed by atoms with Crippen molar-refractivity contribution in [2.45, 2.75) is 6.92 Å². The molecule has 0 fully saturated rings. The third-order valence-electron chi connectivity index (χ3n) is 3.12. The van der Waals surface area contributed by atoms with Crippen LogP contribution >= 0.6 is 0 Å². The van der Waals surface area contributed by atoms with Gasteiger partial charge in [-0.25, -0.2) is 4.98 Å². The lowest BCUT2D eigenvalue weighted by Gasteiger charge is -2.11. The maximum atomic E-state index is 12.0. The van der Waals surface area contributed by atoms with Crippen molar-refractivity contribution in [1.29, 1.82) is 0 Å². The van der Waals surface area contributed by atoms with Crippen molar-refractivity contribution in [3.63, 3.8) is 0 Å². The molecule has 4 N–H and O–H groups in total. The van der Waals surface area contributed by atoms with E-state index in [1.165, 1.54) is 6.08 Å². The van der Waals surface area contributed by atoms with E-state index in [0.717, 1.165) is 5.69 Å². The lowest BCUT2D eigenvalue weighted by Crippen LogP contribution is -2.43. The molecule has 1 aromatic carbocycles. The fraction of sp³-hybridized carbons (Fsp3) is 0.0714. The number of nitrogens with zero attached hydrogens (tertiary/aromatic N) is 2. The number of allylic oxidation sites excluding steroid dienone is 2. The number of fused-ring (bicyclic) bond motifs is 1. The predicted molar refractivity (Wildman–Crippen MR) is 70.9 cm³/mol. The number of benzene rings is 1. The minimum Gasteiger partial charge on any atom is -0.395 e. The summed E-state index contributed by atoms with van der Waals surface area (Å²) in [6, 6.07) is 9.65. The molecule has 1 heterocycles. The van der Waals surface area contributed by atoms with Crippen molar-refractivity contribution in [3.05, 3.63) is 59.3 Å². The number of nitrogens with two attached hydrogens (primary N) is 2. The molecule has 0 aliphatic heterocycles. The molecule has 94 valence electrons. The summed E-state index contributed by atoms with van der Waals surface area (Å²) < 4.78 is 1.87. The summed E-state index contributed by atoms with van der Waals surface area (Å²) in [5.41, 5.74) is 8.07. The highest BCUT2D eigenvalue weighted by Gasteiger charge is 2.31. The van der Waals surface area contributed by atoms with Crippen LogP contribution in [0, 0.1) is 6.92 Å². The van der Waals surface area contributed by atoms with E-state index < -0.39 is 0 Å². The number of hydrogen-bond donors (Lipinski definition) is 2. The number of ketones is 1. The number of rotatable bonds is 1.